The summed E-state index contributed by atoms with van der Waals surface area (Å²) in [6.07, 6.45) is 3.87. The molecule has 0 bridgehead atoms. The first-order chi connectivity index (χ1) is 7.68. The van der Waals surface area contributed by atoms with E-state index in [0.29, 0.717) is 12.0 Å². The van der Waals surface area contributed by atoms with Crippen molar-refractivity contribution < 1.29 is 0 Å². The SMILES string of the molecule is CC(C)NCC1CCCc2c(Br)cccc21. The third-order valence-corrected chi connectivity index (χ3v) is 4.09. The van der Waals surface area contributed by atoms with Crippen molar-refractivity contribution in [2.45, 2.75) is 45.1 Å². The lowest BCUT2D eigenvalue weighted by molar-refractivity contribution is 0.479. The molecule has 2 heteroatoms. The summed E-state index contributed by atoms with van der Waals surface area (Å²) in [5.74, 6) is 0.698. The van der Waals surface area contributed by atoms with E-state index in [0.717, 1.165) is 6.54 Å². The summed E-state index contributed by atoms with van der Waals surface area (Å²) in [7, 11) is 0. The van der Waals surface area contributed by atoms with Crippen molar-refractivity contribution in [1.29, 1.82) is 0 Å². The summed E-state index contributed by atoms with van der Waals surface area (Å²) in [6.45, 7) is 5.54. The van der Waals surface area contributed by atoms with Crippen molar-refractivity contribution in [1.82, 2.24) is 5.32 Å². The first kappa shape index (κ1) is 12.1. The van der Waals surface area contributed by atoms with Crippen LogP contribution in [0.5, 0.6) is 0 Å². The van der Waals surface area contributed by atoms with Crippen molar-refractivity contribution in [3.63, 3.8) is 0 Å². The number of fused-ring (bicyclic) bond motifs is 1. The molecule has 1 aromatic rings. The van der Waals surface area contributed by atoms with Gasteiger partial charge in [0.1, 0.15) is 0 Å². The Balaban J connectivity index is 2.16. The van der Waals surface area contributed by atoms with Gasteiger partial charge in [-0.1, -0.05) is 41.9 Å². The summed E-state index contributed by atoms with van der Waals surface area (Å²) < 4.78 is 1.29. The van der Waals surface area contributed by atoms with E-state index >= 15 is 0 Å². The smallest absolute Gasteiger partial charge is 0.0210 e. The maximum absolute atomic E-state index is 3.67. The van der Waals surface area contributed by atoms with Crippen molar-refractivity contribution in [2.75, 3.05) is 6.54 Å². The molecule has 1 N–H and O–H groups in total. The quantitative estimate of drug-likeness (QED) is 0.887. The number of hydrogen-bond acceptors (Lipinski definition) is 1. The van der Waals surface area contributed by atoms with E-state index in [1.165, 1.54) is 29.3 Å². The molecule has 1 nitrogen and oxygen atoms in total. The molecule has 1 unspecified atom stereocenters. The van der Waals surface area contributed by atoms with E-state index < -0.39 is 0 Å². The second-order valence-corrected chi connectivity index (χ2v) is 5.81. The van der Waals surface area contributed by atoms with Crippen LogP contribution in [0.4, 0.5) is 0 Å². The second-order valence-electron chi connectivity index (χ2n) is 4.96. The Bertz CT molecular complexity index is 360. The Morgan fingerprint density at radius 2 is 2.25 bits per heavy atom. The molecule has 0 saturated heterocycles. The molecular formula is C14H20BrN. The maximum Gasteiger partial charge on any atom is 0.0210 e. The molecule has 0 fully saturated rings. The summed E-state index contributed by atoms with van der Waals surface area (Å²) >= 11 is 3.67. The van der Waals surface area contributed by atoms with Crippen LogP contribution in [-0.2, 0) is 6.42 Å². The fourth-order valence-electron chi connectivity index (χ4n) is 2.49. The van der Waals surface area contributed by atoms with Gasteiger partial charge in [0.25, 0.3) is 0 Å². The van der Waals surface area contributed by atoms with Gasteiger partial charge >= 0.3 is 0 Å². The van der Waals surface area contributed by atoms with Crippen LogP contribution in [0, 0.1) is 0 Å². The first-order valence-corrected chi connectivity index (χ1v) is 6.98. The Kier molecular flexibility index (Phi) is 4.04. The fourth-order valence-corrected chi connectivity index (χ4v) is 3.07. The Hall–Kier alpha value is -0.340. The van der Waals surface area contributed by atoms with Gasteiger partial charge in [0.05, 0.1) is 0 Å². The first-order valence-electron chi connectivity index (χ1n) is 6.19. The van der Waals surface area contributed by atoms with E-state index in [4.69, 9.17) is 0 Å². The summed E-state index contributed by atoms with van der Waals surface area (Å²) in [6, 6.07) is 7.21. The number of halogens is 1. The Labute approximate surface area is 107 Å². The highest BCUT2D eigenvalue weighted by Crippen LogP contribution is 2.35. The highest BCUT2D eigenvalue weighted by Gasteiger charge is 2.21. The lowest BCUT2D eigenvalue weighted by Gasteiger charge is -2.27. The van der Waals surface area contributed by atoms with Crippen LogP contribution in [-0.4, -0.2) is 12.6 Å². The zero-order valence-electron chi connectivity index (χ0n) is 10.1. The predicted octanol–water partition coefficient (Wildman–Crippen LogP) is 3.87. The molecule has 0 aromatic heterocycles. The van der Waals surface area contributed by atoms with Crippen molar-refractivity contribution in [3.8, 4) is 0 Å². The molecule has 0 aliphatic heterocycles. The largest absolute Gasteiger partial charge is 0.314 e. The Morgan fingerprint density at radius 3 is 3.00 bits per heavy atom. The lowest BCUT2D eigenvalue weighted by Crippen LogP contribution is -2.29. The number of rotatable bonds is 3. The maximum atomic E-state index is 3.67. The summed E-state index contributed by atoms with van der Waals surface area (Å²) in [4.78, 5) is 0. The molecule has 1 aliphatic rings. The topological polar surface area (TPSA) is 12.0 Å². The number of benzene rings is 1. The average molecular weight is 282 g/mol. The average Bonchev–Trinajstić information content (AvgIpc) is 2.27. The van der Waals surface area contributed by atoms with Crippen molar-refractivity contribution >= 4 is 15.9 Å². The minimum Gasteiger partial charge on any atom is -0.314 e. The van der Waals surface area contributed by atoms with Gasteiger partial charge in [0.2, 0.25) is 0 Å². The standard InChI is InChI=1S/C14H20BrN/c1-10(2)16-9-11-5-3-7-13-12(11)6-4-8-14(13)15/h4,6,8,10-11,16H,3,5,7,9H2,1-2H3. The zero-order valence-corrected chi connectivity index (χ0v) is 11.7. The van der Waals surface area contributed by atoms with Crippen LogP contribution in [0.15, 0.2) is 22.7 Å². The molecule has 0 saturated carbocycles. The summed E-state index contributed by atoms with van der Waals surface area (Å²) in [5.41, 5.74) is 3.08. The van der Waals surface area contributed by atoms with Gasteiger partial charge in [-0.05, 0) is 42.4 Å². The van der Waals surface area contributed by atoms with Crippen molar-refractivity contribution in [2.24, 2.45) is 0 Å². The molecule has 2 rings (SSSR count). The van der Waals surface area contributed by atoms with Gasteiger partial charge in [-0.2, -0.15) is 0 Å². The van der Waals surface area contributed by atoms with Crippen LogP contribution in [0.3, 0.4) is 0 Å². The molecule has 1 atom stereocenters. The molecule has 0 amide bonds. The molecule has 1 aromatic carbocycles. The minimum absolute atomic E-state index is 0.581. The molecule has 0 radical (unpaired) electrons. The molecule has 88 valence electrons. The van der Waals surface area contributed by atoms with Gasteiger partial charge in [0.15, 0.2) is 0 Å². The van der Waals surface area contributed by atoms with E-state index in [1.807, 2.05) is 0 Å². The van der Waals surface area contributed by atoms with Crippen molar-refractivity contribution in [3.05, 3.63) is 33.8 Å². The van der Waals surface area contributed by atoms with Crippen LogP contribution >= 0.6 is 15.9 Å². The van der Waals surface area contributed by atoms with Gasteiger partial charge < -0.3 is 5.32 Å². The molecule has 0 spiro atoms. The van der Waals surface area contributed by atoms with E-state index in [2.05, 4.69) is 53.3 Å². The number of nitrogens with one attached hydrogen (secondary N) is 1. The highest BCUT2D eigenvalue weighted by atomic mass is 79.9. The molecule has 0 heterocycles. The van der Waals surface area contributed by atoms with Crippen LogP contribution < -0.4 is 5.32 Å². The molecular weight excluding hydrogens is 262 g/mol. The van der Waals surface area contributed by atoms with Gasteiger partial charge in [0, 0.05) is 17.1 Å². The molecule has 1 aliphatic carbocycles. The van der Waals surface area contributed by atoms with E-state index in [-0.39, 0.29) is 0 Å². The highest BCUT2D eigenvalue weighted by molar-refractivity contribution is 9.10. The summed E-state index contributed by atoms with van der Waals surface area (Å²) in [5, 5.41) is 3.56. The zero-order chi connectivity index (χ0) is 11.5. The normalized spacial score (nSPS) is 19.9. The molecule has 16 heavy (non-hydrogen) atoms. The number of hydrogen-bond donors (Lipinski definition) is 1. The van der Waals surface area contributed by atoms with Gasteiger partial charge in [-0.15, -0.1) is 0 Å². The monoisotopic (exact) mass is 281 g/mol. The van der Waals surface area contributed by atoms with Crippen LogP contribution in [0.25, 0.3) is 0 Å². The Morgan fingerprint density at radius 1 is 1.44 bits per heavy atom. The predicted molar refractivity (Wildman–Crippen MR) is 73.0 cm³/mol. The van der Waals surface area contributed by atoms with Crippen LogP contribution in [0.2, 0.25) is 0 Å². The fraction of sp³-hybridized carbons (Fsp3) is 0.571. The van der Waals surface area contributed by atoms with E-state index in [1.54, 1.807) is 5.56 Å². The van der Waals surface area contributed by atoms with Gasteiger partial charge in [-0.3, -0.25) is 0 Å². The van der Waals surface area contributed by atoms with Gasteiger partial charge in [-0.25, -0.2) is 0 Å². The second kappa shape index (κ2) is 5.33. The third-order valence-electron chi connectivity index (χ3n) is 3.35. The van der Waals surface area contributed by atoms with E-state index in [9.17, 15) is 0 Å². The lowest BCUT2D eigenvalue weighted by atomic mass is 9.83. The minimum atomic E-state index is 0.581. The van der Waals surface area contributed by atoms with Crippen LogP contribution in [0.1, 0.15) is 43.7 Å². The third kappa shape index (κ3) is 2.67.